The van der Waals surface area contributed by atoms with Crippen molar-refractivity contribution < 1.29 is 52.2 Å². The third-order valence-corrected chi connectivity index (χ3v) is 13.5. The number of aliphatic hydroxyl groups is 5. The molecule has 0 aromatic carbocycles. The van der Waals surface area contributed by atoms with E-state index in [1.807, 2.05) is 13.8 Å². The molecule has 256 valence electrons. The number of ether oxygens (including phenoxy) is 2. The Hall–Kier alpha value is -0.410. The standard InChI is InChI=1S/C32H56O11S/c1-16(2)25(42-30-29(37)28(36)24(35)15-41-30)7-6-17(3)21-14-26(43-44(38,39)40)27-19-13-23(34)22-12-18(33)8-10-31(22,4)20(19)9-11-32(21,27)5/h16-30,33-37H,6-15H2,1-5H3,(H,38,39,40)/t17?,18-,19?,20?,21+,22?,23-,24+,25-,26-,27?,28-,29+,30-,31+,32+/m0/s1. The van der Waals surface area contributed by atoms with Crippen LogP contribution in [0.2, 0.25) is 0 Å². The van der Waals surface area contributed by atoms with Gasteiger partial charge in [0.25, 0.3) is 0 Å². The first-order chi connectivity index (χ1) is 20.5. The molecule has 5 unspecified atom stereocenters. The van der Waals surface area contributed by atoms with Crippen LogP contribution in [0.3, 0.4) is 0 Å². The molecular weight excluding hydrogens is 592 g/mol. The Bertz CT molecular complexity index is 1100. The molecule has 1 heterocycles. The lowest BCUT2D eigenvalue weighted by molar-refractivity contribution is -0.286. The molecule has 12 heteroatoms. The lowest BCUT2D eigenvalue weighted by Gasteiger charge is -2.62. The summed E-state index contributed by atoms with van der Waals surface area (Å²) in [5.41, 5.74) is -0.406. The van der Waals surface area contributed by atoms with Gasteiger partial charge in [0.1, 0.15) is 18.3 Å². The molecule has 44 heavy (non-hydrogen) atoms. The molecule has 0 aromatic heterocycles. The average Bonchev–Trinajstić information content (AvgIpc) is 3.22. The van der Waals surface area contributed by atoms with Gasteiger partial charge in [0, 0.05) is 0 Å². The molecule has 0 bridgehead atoms. The minimum Gasteiger partial charge on any atom is -0.393 e. The predicted octanol–water partition coefficient (Wildman–Crippen LogP) is 2.67. The summed E-state index contributed by atoms with van der Waals surface area (Å²) in [4.78, 5) is 0. The zero-order valence-corrected chi connectivity index (χ0v) is 27.7. The molecular formula is C32H56O11S. The molecule has 1 saturated heterocycles. The van der Waals surface area contributed by atoms with Gasteiger partial charge in [-0.2, -0.15) is 8.42 Å². The van der Waals surface area contributed by atoms with Crippen LogP contribution in [0.5, 0.6) is 0 Å². The molecule has 6 N–H and O–H groups in total. The molecule has 5 rings (SSSR count). The summed E-state index contributed by atoms with van der Waals surface area (Å²) in [6.07, 6.45) is -0.441. The van der Waals surface area contributed by atoms with E-state index in [0.29, 0.717) is 32.1 Å². The first kappa shape index (κ1) is 34.9. The van der Waals surface area contributed by atoms with Crippen LogP contribution in [0.4, 0.5) is 0 Å². The summed E-state index contributed by atoms with van der Waals surface area (Å²) < 4.78 is 51.2. The average molecular weight is 649 g/mol. The third kappa shape index (κ3) is 6.51. The van der Waals surface area contributed by atoms with E-state index in [1.54, 1.807) is 0 Å². The van der Waals surface area contributed by atoms with Crippen LogP contribution in [0.15, 0.2) is 0 Å². The molecule has 0 spiro atoms. The van der Waals surface area contributed by atoms with E-state index in [-0.39, 0.29) is 65.0 Å². The van der Waals surface area contributed by atoms with Crippen LogP contribution in [-0.4, -0.2) is 94.1 Å². The van der Waals surface area contributed by atoms with Crippen LogP contribution in [0.1, 0.15) is 92.4 Å². The lowest BCUT2D eigenvalue weighted by Crippen LogP contribution is -2.59. The van der Waals surface area contributed by atoms with E-state index in [9.17, 15) is 38.5 Å². The van der Waals surface area contributed by atoms with Crippen molar-refractivity contribution in [1.82, 2.24) is 0 Å². The van der Waals surface area contributed by atoms with Gasteiger partial charge in [-0.1, -0.05) is 34.6 Å². The van der Waals surface area contributed by atoms with Crippen molar-refractivity contribution in [3.05, 3.63) is 0 Å². The van der Waals surface area contributed by atoms with Gasteiger partial charge >= 0.3 is 10.4 Å². The quantitative estimate of drug-likeness (QED) is 0.202. The first-order valence-electron chi connectivity index (χ1n) is 16.8. The first-order valence-corrected chi connectivity index (χ1v) is 18.2. The van der Waals surface area contributed by atoms with Crippen LogP contribution < -0.4 is 0 Å². The number of rotatable bonds is 9. The van der Waals surface area contributed by atoms with Crippen molar-refractivity contribution in [2.75, 3.05) is 6.61 Å². The fourth-order valence-corrected chi connectivity index (χ4v) is 11.3. The van der Waals surface area contributed by atoms with Gasteiger partial charge < -0.3 is 35.0 Å². The third-order valence-electron chi connectivity index (χ3n) is 13.0. The van der Waals surface area contributed by atoms with Gasteiger partial charge in [-0.15, -0.1) is 0 Å². The molecule has 0 aromatic rings. The van der Waals surface area contributed by atoms with Crippen molar-refractivity contribution >= 4 is 10.4 Å². The van der Waals surface area contributed by atoms with E-state index in [2.05, 4.69) is 20.8 Å². The molecule has 0 amide bonds. The molecule has 16 atom stereocenters. The van der Waals surface area contributed by atoms with E-state index < -0.39 is 53.3 Å². The molecule has 5 fully saturated rings. The van der Waals surface area contributed by atoms with E-state index in [1.165, 1.54) is 0 Å². The van der Waals surface area contributed by atoms with E-state index in [0.717, 1.165) is 25.7 Å². The van der Waals surface area contributed by atoms with Gasteiger partial charge in [0.2, 0.25) is 0 Å². The fraction of sp³-hybridized carbons (Fsp3) is 1.00. The molecule has 5 aliphatic rings. The number of fused-ring (bicyclic) bond motifs is 5. The number of hydrogen-bond donors (Lipinski definition) is 6. The lowest BCUT2D eigenvalue weighted by atomic mass is 9.43. The van der Waals surface area contributed by atoms with Crippen LogP contribution in [-0.2, 0) is 24.1 Å². The minimum absolute atomic E-state index is 0.0120. The van der Waals surface area contributed by atoms with Crippen LogP contribution in [0.25, 0.3) is 0 Å². The monoisotopic (exact) mass is 648 g/mol. The molecule has 4 aliphatic carbocycles. The summed E-state index contributed by atoms with van der Waals surface area (Å²) in [5, 5.41) is 52.2. The smallest absolute Gasteiger partial charge is 0.393 e. The second kappa shape index (κ2) is 12.9. The maximum absolute atomic E-state index is 12.1. The van der Waals surface area contributed by atoms with Gasteiger partial charge in [-0.3, -0.25) is 4.55 Å². The summed E-state index contributed by atoms with van der Waals surface area (Å²) in [7, 11) is -4.69. The highest BCUT2D eigenvalue weighted by Gasteiger charge is 2.65. The van der Waals surface area contributed by atoms with Crippen molar-refractivity contribution in [2.45, 2.75) is 141 Å². The summed E-state index contributed by atoms with van der Waals surface area (Å²) in [5.74, 6) is 0.540. The van der Waals surface area contributed by atoms with Crippen LogP contribution >= 0.6 is 0 Å². The number of hydrogen-bond acceptors (Lipinski definition) is 10. The van der Waals surface area contributed by atoms with E-state index >= 15 is 0 Å². The number of aliphatic hydroxyl groups excluding tert-OH is 5. The summed E-state index contributed by atoms with van der Waals surface area (Å²) >= 11 is 0. The second-order valence-electron chi connectivity index (χ2n) is 15.8. The van der Waals surface area contributed by atoms with E-state index in [4.69, 9.17) is 13.7 Å². The Morgan fingerprint density at radius 3 is 2.20 bits per heavy atom. The fourth-order valence-electron chi connectivity index (χ4n) is 10.8. The van der Waals surface area contributed by atoms with Crippen molar-refractivity contribution in [2.24, 2.45) is 52.3 Å². The Morgan fingerprint density at radius 1 is 0.864 bits per heavy atom. The SMILES string of the molecule is CC(C)[C@H](CCC(C)[C@H]1C[C@H](OS(=O)(=O)O)C2C3C[C@H](O)C4C[C@@H](O)CC[C@]4(C)C3CC[C@@]21C)O[C@@H]1OC[C@@H](O)[C@H](O)[C@H]1O. The summed E-state index contributed by atoms with van der Waals surface area (Å²) in [6.45, 7) is 10.6. The van der Waals surface area contributed by atoms with Gasteiger partial charge in [0.05, 0.1) is 31.0 Å². The normalized spacial score (nSPS) is 49.2. The topological polar surface area (TPSA) is 183 Å². The zero-order valence-electron chi connectivity index (χ0n) is 26.9. The molecule has 0 radical (unpaired) electrons. The minimum atomic E-state index is -4.69. The molecule has 11 nitrogen and oxygen atoms in total. The van der Waals surface area contributed by atoms with Crippen molar-refractivity contribution in [1.29, 1.82) is 0 Å². The van der Waals surface area contributed by atoms with Crippen molar-refractivity contribution in [3.63, 3.8) is 0 Å². The maximum Gasteiger partial charge on any atom is 0.397 e. The van der Waals surface area contributed by atoms with Gasteiger partial charge in [-0.25, -0.2) is 4.18 Å². The maximum atomic E-state index is 12.1. The Labute approximate surface area is 262 Å². The Kier molecular flexibility index (Phi) is 10.2. The van der Waals surface area contributed by atoms with Crippen molar-refractivity contribution in [3.8, 4) is 0 Å². The highest BCUT2D eigenvalue weighted by Crippen LogP contribution is 2.69. The zero-order chi connectivity index (χ0) is 32.4. The molecule has 4 saturated carbocycles. The highest BCUT2D eigenvalue weighted by atomic mass is 32.3. The largest absolute Gasteiger partial charge is 0.397 e. The Balaban J connectivity index is 1.34. The Morgan fingerprint density at radius 2 is 1.55 bits per heavy atom. The second-order valence-corrected chi connectivity index (χ2v) is 16.9. The predicted molar refractivity (Wildman–Crippen MR) is 160 cm³/mol. The van der Waals surface area contributed by atoms with Gasteiger partial charge in [-0.05, 0) is 110 Å². The van der Waals surface area contributed by atoms with Crippen LogP contribution in [0, 0.1) is 52.3 Å². The highest BCUT2D eigenvalue weighted by molar-refractivity contribution is 7.80. The summed E-state index contributed by atoms with van der Waals surface area (Å²) in [6, 6.07) is 0. The van der Waals surface area contributed by atoms with Gasteiger partial charge in [0.15, 0.2) is 6.29 Å². The molecule has 1 aliphatic heterocycles.